The first-order valence-corrected chi connectivity index (χ1v) is 13.9. The van der Waals surface area contributed by atoms with Crippen molar-refractivity contribution < 1.29 is 18.0 Å². The van der Waals surface area contributed by atoms with Crippen molar-refractivity contribution in [3.63, 3.8) is 0 Å². The van der Waals surface area contributed by atoms with E-state index < -0.39 is 15.6 Å². The van der Waals surface area contributed by atoms with Gasteiger partial charge in [0.25, 0.3) is 0 Å². The van der Waals surface area contributed by atoms with Gasteiger partial charge in [0.2, 0.25) is 21.8 Å². The van der Waals surface area contributed by atoms with Gasteiger partial charge in [0.1, 0.15) is 5.54 Å². The molecule has 0 radical (unpaired) electrons. The molecule has 2 aliphatic rings. The molecule has 2 amide bonds. The number of carbonyl (C=O) groups is 2. The van der Waals surface area contributed by atoms with Crippen molar-refractivity contribution in [1.82, 2.24) is 14.5 Å². The summed E-state index contributed by atoms with van der Waals surface area (Å²) < 4.78 is 27.9. The zero-order valence-electron chi connectivity index (χ0n) is 20.6. The highest BCUT2D eigenvalue weighted by Gasteiger charge is 2.50. The number of aryl methyl sites for hydroxylation is 1. The Balaban J connectivity index is 1.65. The summed E-state index contributed by atoms with van der Waals surface area (Å²) in [6.45, 7) is 3.63. The first-order valence-electron chi connectivity index (χ1n) is 12.5. The average Bonchev–Trinajstić information content (AvgIpc) is 2.87. The first-order chi connectivity index (χ1) is 16.7. The normalized spacial score (nSPS) is 22.2. The van der Waals surface area contributed by atoms with Gasteiger partial charge in [0.15, 0.2) is 0 Å². The minimum Gasteiger partial charge on any atom is -0.351 e. The number of rotatable bonds is 7. The molecule has 1 saturated heterocycles. The Labute approximate surface area is 208 Å². The number of nitrogens with one attached hydrogen (secondary N) is 1. The fourth-order valence-electron chi connectivity index (χ4n) is 5.02. The van der Waals surface area contributed by atoms with E-state index in [0.717, 1.165) is 48.4 Å². The fourth-order valence-corrected chi connectivity index (χ4v) is 6.52. The zero-order chi connectivity index (χ0) is 25.1. The molecule has 2 aromatic carbocycles. The molecule has 0 aromatic heterocycles. The highest BCUT2D eigenvalue weighted by molar-refractivity contribution is 7.89. The quantitative estimate of drug-likeness (QED) is 0.635. The van der Waals surface area contributed by atoms with E-state index >= 15 is 0 Å². The number of sulfonamides is 1. The van der Waals surface area contributed by atoms with Crippen LogP contribution < -0.4 is 5.32 Å². The third-order valence-corrected chi connectivity index (χ3v) is 9.08. The van der Waals surface area contributed by atoms with Gasteiger partial charge < -0.3 is 10.2 Å². The molecule has 2 aromatic rings. The molecule has 1 atom stereocenters. The molecule has 1 heterocycles. The van der Waals surface area contributed by atoms with Crippen molar-refractivity contribution in [1.29, 1.82) is 0 Å². The van der Waals surface area contributed by atoms with Crippen LogP contribution in [0.4, 0.5) is 0 Å². The van der Waals surface area contributed by atoms with E-state index in [1.807, 2.05) is 24.3 Å². The lowest BCUT2D eigenvalue weighted by Crippen LogP contribution is -2.70. The third-order valence-electron chi connectivity index (χ3n) is 7.28. The molecule has 8 heteroatoms. The van der Waals surface area contributed by atoms with Gasteiger partial charge in [-0.2, -0.15) is 4.31 Å². The summed E-state index contributed by atoms with van der Waals surface area (Å²) in [7, 11) is -3.93. The molecule has 35 heavy (non-hydrogen) atoms. The van der Waals surface area contributed by atoms with E-state index in [1.54, 1.807) is 30.0 Å². The molecule has 0 bridgehead atoms. The summed E-state index contributed by atoms with van der Waals surface area (Å²) in [5.74, 6) is -0.674. The molecule has 2 fully saturated rings. The lowest BCUT2D eigenvalue weighted by molar-refractivity contribution is -0.154. The van der Waals surface area contributed by atoms with Crippen molar-refractivity contribution in [2.24, 2.45) is 0 Å². The summed E-state index contributed by atoms with van der Waals surface area (Å²) in [6.07, 6.45) is 5.99. The topological polar surface area (TPSA) is 86.8 Å². The van der Waals surface area contributed by atoms with Crippen LogP contribution in [0.1, 0.15) is 57.1 Å². The third kappa shape index (κ3) is 5.43. The smallest absolute Gasteiger partial charge is 0.247 e. The number of nitrogens with zero attached hydrogens (tertiary/aromatic N) is 2. The Morgan fingerprint density at radius 1 is 1.00 bits per heavy atom. The SMILES string of the molecule is CCc1ccc(CN2C(=O)CN(S(=O)(=O)c3ccccc3)CC2(C)C(=O)NC2CCCCC2)cc1. The Hall–Kier alpha value is -2.71. The van der Waals surface area contributed by atoms with Crippen LogP contribution in [0.15, 0.2) is 59.5 Å². The van der Waals surface area contributed by atoms with Gasteiger partial charge in [-0.15, -0.1) is 0 Å². The van der Waals surface area contributed by atoms with Gasteiger partial charge in [-0.1, -0.05) is 68.7 Å². The standard InChI is InChI=1S/C27H35N3O4S/c1-3-21-14-16-22(17-15-21)18-30-25(31)19-29(35(33,34)24-12-8-5-9-13-24)20-27(30,2)26(32)28-23-10-6-4-7-11-23/h5,8-9,12-17,23H,3-4,6-7,10-11,18-20H2,1-2H3,(H,28,32). The fraction of sp³-hybridized carbons (Fsp3) is 0.481. The lowest BCUT2D eigenvalue weighted by Gasteiger charge is -2.47. The van der Waals surface area contributed by atoms with E-state index in [-0.39, 0.29) is 42.4 Å². The predicted molar refractivity (Wildman–Crippen MR) is 135 cm³/mol. The first kappa shape index (κ1) is 25.4. The van der Waals surface area contributed by atoms with Crippen LogP contribution in [0.25, 0.3) is 0 Å². The second-order valence-electron chi connectivity index (χ2n) is 9.82. The number of carbonyl (C=O) groups excluding carboxylic acids is 2. The number of hydrogen-bond donors (Lipinski definition) is 1. The van der Waals surface area contributed by atoms with Gasteiger partial charge >= 0.3 is 0 Å². The van der Waals surface area contributed by atoms with E-state index in [0.29, 0.717) is 0 Å². The molecule has 1 N–H and O–H groups in total. The summed E-state index contributed by atoms with van der Waals surface area (Å²) in [5.41, 5.74) is 0.765. The van der Waals surface area contributed by atoms with Gasteiger partial charge in [-0.3, -0.25) is 9.59 Å². The van der Waals surface area contributed by atoms with Gasteiger partial charge in [-0.05, 0) is 49.4 Å². The van der Waals surface area contributed by atoms with Crippen LogP contribution in [0.5, 0.6) is 0 Å². The number of benzene rings is 2. The van der Waals surface area contributed by atoms with Crippen molar-refractivity contribution in [3.8, 4) is 0 Å². The zero-order valence-corrected chi connectivity index (χ0v) is 21.4. The van der Waals surface area contributed by atoms with Crippen molar-refractivity contribution >= 4 is 21.8 Å². The summed E-state index contributed by atoms with van der Waals surface area (Å²) in [5, 5.41) is 3.14. The highest BCUT2D eigenvalue weighted by Crippen LogP contribution is 2.30. The number of piperazine rings is 1. The molecule has 1 unspecified atom stereocenters. The summed E-state index contributed by atoms with van der Waals surface area (Å²) in [6, 6.07) is 16.1. The Kier molecular flexibility index (Phi) is 7.62. The Morgan fingerprint density at radius 2 is 1.63 bits per heavy atom. The van der Waals surface area contributed by atoms with Gasteiger partial charge in [-0.25, -0.2) is 8.42 Å². The van der Waals surface area contributed by atoms with Crippen LogP contribution in [0.3, 0.4) is 0 Å². The lowest BCUT2D eigenvalue weighted by atomic mass is 9.91. The van der Waals surface area contributed by atoms with Crippen molar-refractivity contribution in [2.45, 2.75) is 75.4 Å². The van der Waals surface area contributed by atoms with Crippen LogP contribution >= 0.6 is 0 Å². The minimum absolute atomic E-state index is 0.0509. The largest absolute Gasteiger partial charge is 0.351 e. The van der Waals surface area contributed by atoms with Crippen LogP contribution in [-0.4, -0.2) is 54.1 Å². The second kappa shape index (κ2) is 10.5. The van der Waals surface area contributed by atoms with Gasteiger partial charge in [0, 0.05) is 19.1 Å². The van der Waals surface area contributed by atoms with Crippen LogP contribution in [-0.2, 0) is 32.6 Å². The molecule has 188 valence electrons. The molecule has 0 spiro atoms. The molecule has 1 aliphatic carbocycles. The van der Waals surface area contributed by atoms with Crippen LogP contribution in [0, 0.1) is 0 Å². The van der Waals surface area contributed by atoms with E-state index in [2.05, 4.69) is 12.2 Å². The monoisotopic (exact) mass is 497 g/mol. The van der Waals surface area contributed by atoms with Crippen LogP contribution in [0.2, 0.25) is 0 Å². The van der Waals surface area contributed by atoms with Crippen molar-refractivity contribution in [2.75, 3.05) is 13.1 Å². The average molecular weight is 498 g/mol. The predicted octanol–water partition coefficient (Wildman–Crippen LogP) is 3.49. The molecule has 1 aliphatic heterocycles. The van der Waals surface area contributed by atoms with Gasteiger partial charge in [0.05, 0.1) is 11.4 Å². The molecular formula is C27H35N3O4S. The van der Waals surface area contributed by atoms with Crippen molar-refractivity contribution in [3.05, 3.63) is 65.7 Å². The number of hydrogen-bond acceptors (Lipinski definition) is 4. The minimum atomic E-state index is -3.93. The summed E-state index contributed by atoms with van der Waals surface area (Å²) >= 11 is 0. The Bertz CT molecular complexity index is 1140. The molecule has 7 nitrogen and oxygen atoms in total. The highest BCUT2D eigenvalue weighted by atomic mass is 32.2. The van der Waals surface area contributed by atoms with E-state index in [4.69, 9.17) is 0 Å². The van der Waals surface area contributed by atoms with E-state index in [9.17, 15) is 18.0 Å². The maximum atomic E-state index is 13.7. The molecular weight excluding hydrogens is 462 g/mol. The number of amides is 2. The maximum Gasteiger partial charge on any atom is 0.247 e. The Morgan fingerprint density at radius 3 is 2.26 bits per heavy atom. The molecule has 4 rings (SSSR count). The maximum absolute atomic E-state index is 13.7. The second-order valence-corrected chi connectivity index (χ2v) is 11.8. The van der Waals surface area contributed by atoms with E-state index in [1.165, 1.54) is 17.7 Å². The summed E-state index contributed by atoms with van der Waals surface area (Å²) in [4.78, 5) is 28.9. The molecule has 1 saturated carbocycles.